The molecule has 1 N–H and O–H groups in total. The van der Waals surface area contributed by atoms with Gasteiger partial charge < -0.3 is 19.1 Å². The topological polar surface area (TPSA) is 56.5 Å². The molecule has 0 aliphatic rings. The van der Waals surface area contributed by atoms with E-state index >= 15 is 0 Å². The molecule has 0 fully saturated rings. The Bertz CT molecular complexity index is 563. The van der Waals surface area contributed by atoms with Crippen molar-refractivity contribution in [3.05, 3.63) is 47.5 Å². The van der Waals surface area contributed by atoms with E-state index < -0.39 is 6.10 Å². The number of rotatable bonds is 7. The van der Waals surface area contributed by atoms with Crippen molar-refractivity contribution in [3.63, 3.8) is 0 Å². The van der Waals surface area contributed by atoms with Gasteiger partial charge in [-0.15, -0.1) is 0 Å². The number of hydrogen-bond acceptors (Lipinski definition) is 4. The van der Waals surface area contributed by atoms with Crippen LogP contribution in [-0.2, 0) is 17.9 Å². The SMILES string of the molecule is COc1ccc(COCC(O)Cn2cnc(C)c2C)cc1. The largest absolute Gasteiger partial charge is 0.497 e. The third-order valence-corrected chi connectivity index (χ3v) is 3.49. The fraction of sp³-hybridized carbons (Fsp3) is 0.438. The highest BCUT2D eigenvalue weighted by molar-refractivity contribution is 5.26. The third kappa shape index (κ3) is 4.31. The van der Waals surface area contributed by atoms with Gasteiger partial charge in [-0.1, -0.05) is 12.1 Å². The van der Waals surface area contributed by atoms with E-state index in [0.29, 0.717) is 19.8 Å². The Morgan fingerprint density at radius 2 is 1.95 bits per heavy atom. The van der Waals surface area contributed by atoms with Crippen LogP contribution in [0, 0.1) is 13.8 Å². The number of ether oxygens (including phenoxy) is 2. The monoisotopic (exact) mass is 290 g/mol. The normalized spacial score (nSPS) is 12.4. The molecule has 21 heavy (non-hydrogen) atoms. The Hall–Kier alpha value is -1.85. The van der Waals surface area contributed by atoms with Crippen LogP contribution in [0.5, 0.6) is 5.75 Å². The molecule has 5 nitrogen and oxygen atoms in total. The van der Waals surface area contributed by atoms with Crippen LogP contribution in [0.1, 0.15) is 17.0 Å². The zero-order valence-electron chi connectivity index (χ0n) is 12.7. The molecule has 1 aromatic carbocycles. The maximum Gasteiger partial charge on any atom is 0.118 e. The summed E-state index contributed by atoms with van der Waals surface area (Å²) in [6.07, 6.45) is 1.20. The number of benzene rings is 1. The van der Waals surface area contributed by atoms with Crippen molar-refractivity contribution in [1.29, 1.82) is 0 Å². The first-order valence-electron chi connectivity index (χ1n) is 6.97. The Morgan fingerprint density at radius 1 is 1.24 bits per heavy atom. The lowest BCUT2D eigenvalue weighted by Crippen LogP contribution is -2.22. The molecule has 1 aromatic heterocycles. The lowest BCUT2D eigenvalue weighted by molar-refractivity contribution is 0.0201. The van der Waals surface area contributed by atoms with Crippen LogP contribution in [0.3, 0.4) is 0 Å². The summed E-state index contributed by atoms with van der Waals surface area (Å²) in [6.45, 7) is 5.21. The quantitative estimate of drug-likeness (QED) is 0.848. The lowest BCUT2D eigenvalue weighted by atomic mass is 10.2. The molecule has 1 atom stereocenters. The summed E-state index contributed by atoms with van der Waals surface area (Å²) >= 11 is 0. The van der Waals surface area contributed by atoms with E-state index in [-0.39, 0.29) is 0 Å². The second-order valence-electron chi connectivity index (χ2n) is 5.08. The Morgan fingerprint density at radius 3 is 2.52 bits per heavy atom. The summed E-state index contributed by atoms with van der Waals surface area (Å²) in [7, 11) is 1.64. The van der Waals surface area contributed by atoms with Crippen molar-refractivity contribution in [2.24, 2.45) is 0 Å². The van der Waals surface area contributed by atoms with E-state index in [2.05, 4.69) is 4.98 Å². The standard InChI is InChI=1S/C16H22N2O3/c1-12-13(2)18(11-17-12)8-15(19)10-21-9-14-4-6-16(20-3)7-5-14/h4-7,11,15,19H,8-10H2,1-3H3. The van der Waals surface area contributed by atoms with Crippen molar-refractivity contribution in [3.8, 4) is 5.75 Å². The number of aliphatic hydroxyl groups is 1. The van der Waals surface area contributed by atoms with Crippen LogP contribution in [0.4, 0.5) is 0 Å². The van der Waals surface area contributed by atoms with Gasteiger partial charge in [-0.2, -0.15) is 0 Å². The van der Waals surface area contributed by atoms with Gasteiger partial charge >= 0.3 is 0 Å². The molecule has 2 rings (SSSR count). The maximum absolute atomic E-state index is 10.0. The Kier molecular flexibility index (Phi) is 5.36. The molecule has 2 aromatic rings. The predicted molar refractivity (Wildman–Crippen MR) is 80.4 cm³/mol. The molecule has 1 unspecified atom stereocenters. The second-order valence-corrected chi connectivity index (χ2v) is 5.08. The van der Waals surface area contributed by atoms with Gasteiger partial charge in [0.2, 0.25) is 0 Å². The van der Waals surface area contributed by atoms with Gasteiger partial charge in [-0.3, -0.25) is 0 Å². The van der Waals surface area contributed by atoms with Crippen LogP contribution < -0.4 is 4.74 Å². The maximum atomic E-state index is 10.0. The fourth-order valence-corrected chi connectivity index (χ4v) is 2.04. The van der Waals surface area contributed by atoms with Gasteiger partial charge in [0.15, 0.2) is 0 Å². The molecule has 0 saturated heterocycles. The molecule has 0 amide bonds. The number of methoxy groups -OCH3 is 1. The van der Waals surface area contributed by atoms with Crippen molar-refractivity contribution < 1.29 is 14.6 Å². The smallest absolute Gasteiger partial charge is 0.118 e. The molecule has 0 aliphatic carbocycles. The number of imidazole rings is 1. The molecule has 114 valence electrons. The summed E-state index contributed by atoms with van der Waals surface area (Å²) in [4.78, 5) is 4.21. The molecular formula is C16H22N2O3. The average Bonchev–Trinajstić information content (AvgIpc) is 2.80. The van der Waals surface area contributed by atoms with Gasteiger partial charge in [0.1, 0.15) is 5.75 Å². The first-order valence-corrected chi connectivity index (χ1v) is 6.97. The summed E-state index contributed by atoms with van der Waals surface area (Å²) in [5, 5.41) is 10.0. The predicted octanol–water partition coefficient (Wildman–Crippen LogP) is 2.09. The van der Waals surface area contributed by atoms with E-state index in [4.69, 9.17) is 9.47 Å². The minimum Gasteiger partial charge on any atom is -0.497 e. The second kappa shape index (κ2) is 7.24. The van der Waals surface area contributed by atoms with Crippen LogP contribution >= 0.6 is 0 Å². The van der Waals surface area contributed by atoms with E-state index in [9.17, 15) is 5.11 Å². The summed E-state index contributed by atoms with van der Waals surface area (Å²) < 4.78 is 12.6. The van der Waals surface area contributed by atoms with Crippen LogP contribution in [0.25, 0.3) is 0 Å². The zero-order chi connectivity index (χ0) is 15.2. The third-order valence-electron chi connectivity index (χ3n) is 3.49. The fourth-order valence-electron chi connectivity index (χ4n) is 2.04. The van der Waals surface area contributed by atoms with E-state index in [1.165, 1.54) is 0 Å². The molecule has 0 spiro atoms. The van der Waals surface area contributed by atoms with Crippen molar-refractivity contribution in [2.45, 2.75) is 33.1 Å². The number of aromatic nitrogens is 2. The number of aryl methyl sites for hydroxylation is 1. The van der Waals surface area contributed by atoms with E-state index in [1.54, 1.807) is 13.4 Å². The van der Waals surface area contributed by atoms with Crippen LogP contribution in [-0.4, -0.2) is 34.5 Å². The first kappa shape index (κ1) is 15.5. The first-order chi connectivity index (χ1) is 10.1. The molecule has 0 radical (unpaired) electrons. The lowest BCUT2D eigenvalue weighted by Gasteiger charge is -2.13. The Balaban J connectivity index is 1.76. The van der Waals surface area contributed by atoms with Gasteiger partial charge in [0, 0.05) is 5.69 Å². The molecule has 0 saturated carbocycles. The number of hydrogen-bond donors (Lipinski definition) is 1. The zero-order valence-corrected chi connectivity index (χ0v) is 12.7. The van der Waals surface area contributed by atoms with E-state index in [1.807, 2.05) is 42.7 Å². The molecular weight excluding hydrogens is 268 g/mol. The number of nitrogens with zero attached hydrogens (tertiary/aromatic N) is 2. The van der Waals surface area contributed by atoms with Crippen molar-refractivity contribution in [1.82, 2.24) is 9.55 Å². The highest BCUT2D eigenvalue weighted by Crippen LogP contribution is 2.12. The average molecular weight is 290 g/mol. The highest BCUT2D eigenvalue weighted by atomic mass is 16.5. The van der Waals surface area contributed by atoms with Crippen molar-refractivity contribution in [2.75, 3.05) is 13.7 Å². The summed E-state index contributed by atoms with van der Waals surface area (Å²) in [5.41, 5.74) is 3.11. The Labute approximate surface area is 125 Å². The summed E-state index contributed by atoms with van der Waals surface area (Å²) in [5.74, 6) is 0.824. The molecule has 0 aliphatic heterocycles. The van der Waals surface area contributed by atoms with Gasteiger partial charge in [0.25, 0.3) is 0 Å². The minimum absolute atomic E-state index is 0.294. The van der Waals surface area contributed by atoms with E-state index in [0.717, 1.165) is 22.7 Å². The molecule has 0 bridgehead atoms. The molecule has 5 heteroatoms. The van der Waals surface area contributed by atoms with Crippen molar-refractivity contribution >= 4 is 0 Å². The highest BCUT2D eigenvalue weighted by Gasteiger charge is 2.09. The summed E-state index contributed by atoms with van der Waals surface area (Å²) in [6, 6.07) is 7.70. The van der Waals surface area contributed by atoms with Crippen LogP contribution in [0.15, 0.2) is 30.6 Å². The molecule has 1 heterocycles. The van der Waals surface area contributed by atoms with Gasteiger partial charge in [-0.05, 0) is 31.5 Å². The minimum atomic E-state index is -0.546. The van der Waals surface area contributed by atoms with Crippen LogP contribution in [0.2, 0.25) is 0 Å². The van der Waals surface area contributed by atoms with Gasteiger partial charge in [-0.25, -0.2) is 4.98 Å². The number of aliphatic hydroxyl groups excluding tert-OH is 1. The van der Waals surface area contributed by atoms with Gasteiger partial charge in [0.05, 0.1) is 45.0 Å².